The fourth-order valence-electron chi connectivity index (χ4n) is 4.19. The Bertz CT molecular complexity index is 758. The van der Waals surface area contributed by atoms with Gasteiger partial charge in [-0.1, -0.05) is 18.2 Å². The van der Waals surface area contributed by atoms with Crippen molar-refractivity contribution in [1.29, 1.82) is 0 Å². The predicted molar refractivity (Wildman–Crippen MR) is 102 cm³/mol. The monoisotopic (exact) mass is 356 g/mol. The number of benzene rings is 1. The summed E-state index contributed by atoms with van der Waals surface area (Å²) in [4.78, 5) is 16.4. The van der Waals surface area contributed by atoms with Crippen LogP contribution in [0.15, 0.2) is 30.5 Å². The van der Waals surface area contributed by atoms with Gasteiger partial charge in [0.25, 0.3) is 0 Å². The highest BCUT2D eigenvalue weighted by Crippen LogP contribution is 2.23. The number of hydrogen-bond acceptors (Lipinski definition) is 4. The van der Waals surface area contributed by atoms with Crippen molar-refractivity contribution >= 4 is 16.8 Å². The van der Waals surface area contributed by atoms with E-state index in [4.69, 9.17) is 10.5 Å². The minimum Gasteiger partial charge on any atom is -0.377 e. The number of aromatic nitrogens is 1. The summed E-state index contributed by atoms with van der Waals surface area (Å²) in [5.41, 5.74) is 7.76. The number of nitrogens with zero attached hydrogens (tertiary/aromatic N) is 3. The second-order valence-corrected chi connectivity index (χ2v) is 7.48. The lowest BCUT2D eigenvalue weighted by Gasteiger charge is -2.35. The van der Waals surface area contributed by atoms with E-state index in [1.807, 2.05) is 10.6 Å². The summed E-state index contributed by atoms with van der Waals surface area (Å²) < 4.78 is 7.74. The van der Waals surface area contributed by atoms with Crippen LogP contribution in [0, 0.1) is 0 Å². The SMILES string of the molecule is NC(=O)Cn1cc(CN2CCN(C[C@H]3CCCO3)CC2)c2ccccc21. The van der Waals surface area contributed by atoms with Gasteiger partial charge >= 0.3 is 0 Å². The first-order valence-electron chi connectivity index (χ1n) is 9.60. The first kappa shape index (κ1) is 17.5. The van der Waals surface area contributed by atoms with Gasteiger partial charge in [0.15, 0.2) is 0 Å². The van der Waals surface area contributed by atoms with Crippen molar-refractivity contribution in [2.45, 2.75) is 32.0 Å². The Balaban J connectivity index is 1.39. The fraction of sp³-hybridized carbons (Fsp3) is 0.550. The molecule has 6 nitrogen and oxygen atoms in total. The van der Waals surface area contributed by atoms with Gasteiger partial charge in [0.05, 0.1) is 6.10 Å². The zero-order chi connectivity index (χ0) is 17.9. The number of rotatable bonds is 6. The topological polar surface area (TPSA) is 63.7 Å². The molecule has 2 aliphatic heterocycles. The third-order valence-electron chi connectivity index (χ3n) is 5.54. The first-order chi connectivity index (χ1) is 12.7. The number of carbonyl (C=O) groups is 1. The van der Waals surface area contributed by atoms with Crippen LogP contribution in [0.3, 0.4) is 0 Å². The zero-order valence-corrected chi connectivity index (χ0v) is 15.3. The Morgan fingerprint density at radius 2 is 1.92 bits per heavy atom. The summed E-state index contributed by atoms with van der Waals surface area (Å²) in [6.07, 6.45) is 4.95. The molecule has 2 fully saturated rings. The van der Waals surface area contributed by atoms with E-state index in [2.05, 4.69) is 34.2 Å². The third kappa shape index (κ3) is 3.92. The van der Waals surface area contributed by atoms with Crippen LogP contribution >= 0.6 is 0 Å². The third-order valence-corrected chi connectivity index (χ3v) is 5.54. The van der Waals surface area contributed by atoms with Gasteiger partial charge in [-0.15, -0.1) is 0 Å². The van der Waals surface area contributed by atoms with Crippen molar-refractivity contribution in [1.82, 2.24) is 14.4 Å². The Hall–Kier alpha value is -1.89. The molecule has 26 heavy (non-hydrogen) atoms. The van der Waals surface area contributed by atoms with Crippen LogP contribution in [-0.4, -0.2) is 65.7 Å². The van der Waals surface area contributed by atoms with Gasteiger partial charge in [-0.05, 0) is 24.5 Å². The van der Waals surface area contributed by atoms with E-state index in [0.717, 1.165) is 51.4 Å². The number of para-hydroxylation sites is 1. The Morgan fingerprint density at radius 3 is 2.65 bits per heavy atom. The first-order valence-corrected chi connectivity index (χ1v) is 9.60. The molecule has 0 saturated carbocycles. The molecular formula is C20H28N4O2. The van der Waals surface area contributed by atoms with E-state index in [1.165, 1.54) is 23.8 Å². The van der Waals surface area contributed by atoms with Gasteiger partial charge in [-0.25, -0.2) is 0 Å². The van der Waals surface area contributed by atoms with Crippen molar-refractivity contribution in [3.8, 4) is 0 Å². The van der Waals surface area contributed by atoms with E-state index in [9.17, 15) is 4.79 Å². The lowest BCUT2D eigenvalue weighted by molar-refractivity contribution is -0.118. The standard InChI is InChI=1S/C20H28N4O2/c21-20(25)15-24-13-16(18-5-1-2-6-19(18)24)12-22-7-9-23(10-8-22)14-17-4-3-11-26-17/h1-2,5-6,13,17H,3-4,7-12,14-15H2,(H2,21,25)/t17-/m1/s1. The van der Waals surface area contributed by atoms with Crippen molar-refractivity contribution in [2.75, 3.05) is 39.3 Å². The number of primary amides is 1. The van der Waals surface area contributed by atoms with Crippen molar-refractivity contribution in [3.63, 3.8) is 0 Å². The quantitative estimate of drug-likeness (QED) is 0.850. The molecular weight excluding hydrogens is 328 g/mol. The second-order valence-electron chi connectivity index (χ2n) is 7.48. The number of nitrogens with two attached hydrogens (primary N) is 1. The Morgan fingerprint density at radius 1 is 1.15 bits per heavy atom. The zero-order valence-electron chi connectivity index (χ0n) is 15.3. The molecule has 3 heterocycles. The van der Waals surface area contributed by atoms with E-state index >= 15 is 0 Å². The van der Waals surface area contributed by atoms with E-state index in [0.29, 0.717) is 6.10 Å². The molecule has 4 rings (SSSR count). The number of piperazine rings is 1. The highest BCUT2D eigenvalue weighted by Gasteiger charge is 2.23. The summed E-state index contributed by atoms with van der Waals surface area (Å²) in [7, 11) is 0. The van der Waals surface area contributed by atoms with Gasteiger partial charge in [-0.2, -0.15) is 0 Å². The molecule has 6 heteroatoms. The molecule has 0 unspecified atom stereocenters. The van der Waals surface area contributed by atoms with Gasteiger partial charge in [-0.3, -0.25) is 14.6 Å². The molecule has 1 aromatic heterocycles. The second kappa shape index (κ2) is 7.78. The van der Waals surface area contributed by atoms with Gasteiger partial charge in [0.1, 0.15) is 6.54 Å². The van der Waals surface area contributed by atoms with Crippen LogP contribution in [0.2, 0.25) is 0 Å². The summed E-state index contributed by atoms with van der Waals surface area (Å²) >= 11 is 0. The average molecular weight is 356 g/mol. The van der Waals surface area contributed by atoms with Gasteiger partial charge in [0, 0.05) is 63.0 Å². The minimum atomic E-state index is -0.306. The van der Waals surface area contributed by atoms with Crippen LogP contribution in [0.1, 0.15) is 18.4 Å². The molecule has 2 aliphatic rings. The largest absolute Gasteiger partial charge is 0.377 e. The predicted octanol–water partition coefficient (Wildman–Crippen LogP) is 1.42. The molecule has 1 atom stereocenters. The summed E-state index contributed by atoms with van der Waals surface area (Å²) in [6.45, 7) is 7.49. The lowest BCUT2D eigenvalue weighted by atomic mass is 10.1. The molecule has 1 aromatic carbocycles. The maximum absolute atomic E-state index is 11.4. The van der Waals surface area contributed by atoms with Crippen LogP contribution < -0.4 is 5.73 Å². The minimum absolute atomic E-state index is 0.232. The summed E-state index contributed by atoms with van der Waals surface area (Å²) in [5.74, 6) is -0.306. The highest BCUT2D eigenvalue weighted by molar-refractivity contribution is 5.85. The molecule has 140 valence electrons. The Labute approximate surface area is 154 Å². The van der Waals surface area contributed by atoms with E-state index in [-0.39, 0.29) is 12.5 Å². The molecule has 0 radical (unpaired) electrons. The van der Waals surface area contributed by atoms with E-state index < -0.39 is 0 Å². The molecule has 2 saturated heterocycles. The Kier molecular flexibility index (Phi) is 5.24. The van der Waals surface area contributed by atoms with Crippen molar-refractivity contribution in [2.24, 2.45) is 5.73 Å². The van der Waals surface area contributed by atoms with Crippen LogP contribution in [0.25, 0.3) is 10.9 Å². The normalized spacial score (nSPS) is 22.2. The van der Waals surface area contributed by atoms with Crippen LogP contribution in [0.5, 0.6) is 0 Å². The number of hydrogen-bond donors (Lipinski definition) is 1. The van der Waals surface area contributed by atoms with E-state index in [1.54, 1.807) is 0 Å². The molecule has 1 amide bonds. The highest BCUT2D eigenvalue weighted by atomic mass is 16.5. The van der Waals surface area contributed by atoms with Gasteiger partial charge < -0.3 is 15.0 Å². The summed E-state index contributed by atoms with van der Waals surface area (Å²) in [6, 6.07) is 8.25. The number of carbonyl (C=O) groups excluding carboxylic acids is 1. The van der Waals surface area contributed by atoms with Gasteiger partial charge in [0.2, 0.25) is 5.91 Å². The maximum atomic E-state index is 11.4. The maximum Gasteiger partial charge on any atom is 0.237 e. The van der Waals surface area contributed by atoms with Crippen LogP contribution in [-0.2, 0) is 22.6 Å². The smallest absolute Gasteiger partial charge is 0.237 e. The summed E-state index contributed by atoms with van der Waals surface area (Å²) in [5, 5.41) is 1.22. The molecule has 2 N–H and O–H groups in total. The molecule has 2 aromatic rings. The molecule has 0 bridgehead atoms. The fourth-order valence-corrected chi connectivity index (χ4v) is 4.19. The number of fused-ring (bicyclic) bond motifs is 1. The van der Waals surface area contributed by atoms with Crippen molar-refractivity contribution < 1.29 is 9.53 Å². The molecule has 0 spiro atoms. The number of amides is 1. The number of ether oxygens (including phenoxy) is 1. The van der Waals surface area contributed by atoms with Crippen LogP contribution in [0.4, 0.5) is 0 Å². The lowest BCUT2D eigenvalue weighted by Crippen LogP contribution is -2.48. The average Bonchev–Trinajstić information content (AvgIpc) is 3.25. The molecule has 0 aliphatic carbocycles. The van der Waals surface area contributed by atoms with Crippen molar-refractivity contribution in [3.05, 3.63) is 36.0 Å².